The molecule has 25 heavy (non-hydrogen) atoms. The second-order valence-corrected chi connectivity index (χ2v) is 6.11. The zero-order chi connectivity index (χ0) is 17.3. The molecule has 1 saturated heterocycles. The predicted molar refractivity (Wildman–Crippen MR) is 98.9 cm³/mol. The van der Waals surface area contributed by atoms with Crippen LogP contribution in [-0.4, -0.2) is 50.1 Å². The first-order chi connectivity index (χ1) is 12.3. The molecule has 1 aliphatic rings. The molecule has 2 N–H and O–H groups in total. The van der Waals surface area contributed by atoms with Crippen LogP contribution in [0.3, 0.4) is 0 Å². The Morgan fingerprint density at radius 3 is 2.56 bits per heavy atom. The van der Waals surface area contributed by atoms with E-state index in [1.54, 1.807) is 0 Å². The van der Waals surface area contributed by atoms with E-state index < -0.39 is 0 Å². The largest absolute Gasteiger partial charge is 0.489 e. The van der Waals surface area contributed by atoms with Gasteiger partial charge in [0, 0.05) is 50.4 Å². The van der Waals surface area contributed by atoms with E-state index in [4.69, 9.17) is 4.74 Å². The lowest BCUT2D eigenvalue weighted by molar-refractivity contribution is 0.0944. The molecule has 0 saturated carbocycles. The van der Waals surface area contributed by atoms with Crippen LogP contribution in [0.1, 0.15) is 15.9 Å². The number of amides is 1. The third-order valence-corrected chi connectivity index (χ3v) is 4.32. The summed E-state index contributed by atoms with van der Waals surface area (Å²) in [6, 6.07) is 17.3. The Kier molecular flexibility index (Phi) is 6.42. The first-order valence-electron chi connectivity index (χ1n) is 8.80. The first-order valence-corrected chi connectivity index (χ1v) is 8.80. The van der Waals surface area contributed by atoms with Gasteiger partial charge in [0.05, 0.1) is 0 Å². The lowest BCUT2D eigenvalue weighted by atomic mass is 10.1. The summed E-state index contributed by atoms with van der Waals surface area (Å²) in [7, 11) is 0. The number of carbonyl (C=O) groups excluding carboxylic acids is 1. The number of para-hydroxylation sites is 1. The number of benzene rings is 2. The van der Waals surface area contributed by atoms with Crippen LogP contribution in [0.2, 0.25) is 0 Å². The molecule has 0 bridgehead atoms. The molecule has 1 heterocycles. The van der Waals surface area contributed by atoms with Gasteiger partial charge in [0.2, 0.25) is 0 Å². The van der Waals surface area contributed by atoms with Crippen LogP contribution in [-0.2, 0) is 6.61 Å². The number of hydrogen-bond donors (Lipinski definition) is 2. The highest BCUT2D eigenvalue weighted by Crippen LogP contribution is 2.14. The Balaban J connectivity index is 1.53. The van der Waals surface area contributed by atoms with E-state index in [0.717, 1.165) is 44.0 Å². The minimum atomic E-state index is -0.0394. The van der Waals surface area contributed by atoms with Gasteiger partial charge in [-0.15, -0.1) is 0 Å². The van der Waals surface area contributed by atoms with E-state index in [1.165, 1.54) is 0 Å². The molecular formula is C20H25N3O2. The van der Waals surface area contributed by atoms with Crippen LogP contribution < -0.4 is 15.4 Å². The van der Waals surface area contributed by atoms with Crippen LogP contribution in [0.4, 0.5) is 0 Å². The summed E-state index contributed by atoms with van der Waals surface area (Å²) in [5.41, 5.74) is 1.57. The van der Waals surface area contributed by atoms with Crippen molar-refractivity contribution in [2.45, 2.75) is 6.61 Å². The Morgan fingerprint density at radius 1 is 1.04 bits per heavy atom. The van der Waals surface area contributed by atoms with Crippen molar-refractivity contribution in [2.75, 3.05) is 39.3 Å². The van der Waals surface area contributed by atoms with E-state index in [1.807, 2.05) is 54.6 Å². The highest BCUT2D eigenvalue weighted by molar-refractivity contribution is 5.95. The maximum Gasteiger partial charge on any atom is 0.251 e. The number of piperazine rings is 1. The lowest BCUT2D eigenvalue weighted by Gasteiger charge is -2.27. The van der Waals surface area contributed by atoms with E-state index in [0.29, 0.717) is 18.7 Å². The molecule has 0 aliphatic carbocycles. The van der Waals surface area contributed by atoms with Crippen molar-refractivity contribution in [3.8, 4) is 5.75 Å². The molecule has 1 amide bonds. The average Bonchev–Trinajstić information content (AvgIpc) is 2.68. The highest BCUT2D eigenvalue weighted by atomic mass is 16.5. The van der Waals surface area contributed by atoms with Crippen LogP contribution >= 0.6 is 0 Å². The molecule has 0 atom stereocenters. The topological polar surface area (TPSA) is 53.6 Å². The van der Waals surface area contributed by atoms with Gasteiger partial charge < -0.3 is 15.4 Å². The molecule has 2 aromatic carbocycles. The molecule has 1 aliphatic heterocycles. The fourth-order valence-corrected chi connectivity index (χ4v) is 2.90. The first kappa shape index (κ1) is 17.5. The van der Waals surface area contributed by atoms with E-state index in [-0.39, 0.29) is 5.91 Å². The molecule has 2 aromatic rings. The molecular weight excluding hydrogens is 314 g/mol. The van der Waals surface area contributed by atoms with Crippen molar-refractivity contribution in [3.05, 3.63) is 65.7 Å². The second-order valence-electron chi connectivity index (χ2n) is 6.11. The second kappa shape index (κ2) is 9.20. The van der Waals surface area contributed by atoms with Gasteiger partial charge in [-0.2, -0.15) is 0 Å². The van der Waals surface area contributed by atoms with Gasteiger partial charge in [-0.3, -0.25) is 9.69 Å². The SMILES string of the molecule is O=C(NCCN1CCNCC1)c1ccccc1COc1ccccc1. The highest BCUT2D eigenvalue weighted by Gasteiger charge is 2.13. The van der Waals surface area contributed by atoms with Crippen LogP contribution in [0.5, 0.6) is 5.75 Å². The lowest BCUT2D eigenvalue weighted by Crippen LogP contribution is -2.46. The average molecular weight is 339 g/mol. The molecule has 1 fully saturated rings. The molecule has 132 valence electrons. The Labute approximate surface area is 149 Å². The molecule has 0 aromatic heterocycles. The summed E-state index contributed by atoms with van der Waals surface area (Å²) in [5, 5.41) is 6.36. The number of carbonyl (C=O) groups is 1. The summed E-state index contributed by atoms with van der Waals surface area (Å²) >= 11 is 0. The summed E-state index contributed by atoms with van der Waals surface area (Å²) in [6.45, 7) is 6.05. The fraction of sp³-hybridized carbons (Fsp3) is 0.350. The number of ether oxygens (including phenoxy) is 1. The molecule has 3 rings (SSSR count). The monoisotopic (exact) mass is 339 g/mol. The zero-order valence-electron chi connectivity index (χ0n) is 14.4. The normalized spacial score (nSPS) is 14.9. The summed E-state index contributed by atoms with van der Waals surface area (Å²) < 4.78 is 5.79. The van der Waals surface area contributed by atoms with Gasteiger partial charge in [-0.05, 0) is 18.2 Å². The van der Waals surface area contributed by atoms with Gasteiger partial charge in [0.1, 0.15) is 12.4 Å². The molecule has 5 nitrogen and oxygen atoms in total. The van der Waals surface area contributed by atoms with Crippen molar-refractivity contribution >= 4 is 5.91 Å². The van der Waals surface area contributed by atoms with E-state index >= 15 is 0 Å². The maximum atomic E-state index is 12.5. The van der Waals surface area contributed by atoms with Crippen molar-refractivity contribution in [1.82, 2.24) is 15.5 Å². The number of hydrogen-bond acceptors (Lipinski definition) is 4. The number of nitrogens with zero attached hydrogens (tertiary/aromatic N) is 1. The maximum absolute atomic E-state index is 12.5. The minimum absolute atomic E-state index is 0.0394. The quantitative estimate of drug-likeness (QED) is 0.809. The standard InChI is InChI=1S/C20H25N3O2/c24-20(22-12-15-23-13-10-21-11-14-23)19-9-5-4-6-17(19)16-25-18-7-2-1-3-8-18/h1-9,21H,10-16H2,(H,22,24). The van der Waals surface area contributed by atoms with E-state index in [2.05, 4.69) is 15.5 Å². The summed E-state index contributed by atoms with van der Waals surface area (Å²) in [6.07, 6.45) is 0. The smallest absolute Gasteiger partial charge is 0.251 e. The van der Waals surface area contributed by atoms with Gasteiger partial charge in [-0.1, -0.05) is 36.4 Å². The predicted octanol–water partition coefficient (Wildman–Crippen LogP) is 1.90. The van der Waals surface area contributed by atoms with Gasteiger partial charge in [0.15, 0.2) is 0 Å². The van der Waals surface area contributed by atoms with Gasteiger partial charge >= 0.3 is 0 Å². The summed E-state index contributed by atoms with van der Waals surface area (Å²) in [4.78, 5) is 14.9. The number of nitrogens with one attached hydrogen (secondary N) is 2. The zero-order valence-corrected chi connectivity index (χ0v) is 14.4. The van der Waals surface area contributed by atoms with Crippen LogP contribution in [0.25, 0.3) is 0 Å². The summed E-state index contributed by atoms with van der Waals surface area (Å²) in [5.74, 6) is 0.763. The van der Waals surface area contributed by atoms with Gasteiger partial charge in [0.25, 0.3) is 5.91 Å². The van der Waals surface area contributed by atoms with Crippen molar-refractivity contribution in [3.63, 3.8) is 0 Å². The van der Waals surface area contributed by atoms with Crippen molar-refractivity contribution in [1.29, 1.82) is 0 Å². The molecule has 5 heteroatoms. The third kappa shape index (κ3) is 5.31. The Hall–Kier alpha value is -2.37. The number of rotatable bonds is 7. The molecule has 0 radical (unpaired) electrons. The van der Waals surface area contributed by atoms with Crippen molar-refractivity contribution in [2.24, 2.45) is 0 Å². The van der Waals surface area contributed by atoms with Gasteiger partial charge in [-0.25, -0.2) is 0 Å². The van der Waals surface area contributed by atoms with Crippen LogP contribution in [0.15, 0.2) is 54.6 Å². The third-order valence-electron chi connectivity index (χ3n) is 4.32. The Bertz CT molecular complexity index is 670. The fourth-order valence-electron chi connectivity index (χ4n) is 2.90. The van der Waals surface area contributed by atoms with E-state index in [9.17, 15) is 4.79 Å². The minimum Gasteiger partial charge on any atom is -0.489 e. The Morgan fingerprint density at radius 2 is 1.76 bits per heavy atom. The van der Waals surface area contributed by atoms with Crippen molar-refractivity contribution < 1.29 is 9.53 Å². The van der Waals surface area contributed by atoms with Crippen LogP contribution in [0, 0.1) is 0 Å². The molecule has 0 unspecified atom stereocenters. The molecule has 0 spiro atoms.